The van der Waals surface area contributed by atoms with Crippen LogP contribution in [0.5, 0.6) is 0 Å². The fourth-order valence-corrected chi connectivity index (χ4v) is 4.42. The minimum Gasteiger partial charge on any atom is -0.355 e. The van der Waals surface area contributed by atoms with E-state index < -0.39 is 28.5 Å². The first-order chi connectivity index (χ1) is 14.5. The predicted octanol–water partition coefficient (Wildman–Crippen LogP) is 3.08. The number of hydrogen-bond acceptors (Lipinski definition) is 4. The van der Waals surface area contributed by atoms with Crippen LogP contribution in [0.3, 0.4) is 0 Å². The molecule has 0 saturated heterocycles. The van der Waals surface area contributed by atoms with E-state index in [1.54, 1.807) is 32.0 Å². The molecule has 168 valence electrons. The average molecular weight is 510 g/mol. The number of carbonyl (C=O) groups is 2. The third-order valence-electron chi connectivity index (χ3n) is 4.73. The lowest BCUT2D eigenvalue weighted by Crippen LogP contribution is -2.51. The van der Waals surface area contributed by atoms with E-state index >= 15 is 0 Å². The molecular weight excluding hydrogens is 482 g/mol. The summed E-state index contributed by atoms with van der Waals surface area (Å²) < 4.78 is 26.9. The van der Waals surface area contributed by atoms with Crippen LogP contribution in [0.1, 0.15) is 25.0 Å². The van der Waals surface area contributed by atoms with E-state index in [2.05, 4.69) is 21.2 Å². The summed E-state index contributed by atoms with van der Waals surface area (Å²) in [4.78, 5) is 27.2. The number of nitrogens with zero attached hydrogens (tertiary/aromatic N) is 2. The molecule has 0 fully saturated rings. The second kappa shape index (κ2) is 10.8. The molecule has 0 radical (unpaired) electrons. The SMILES string of the molecule is CCNC(=O)[C@@H](C)N(Cc1cccc(Br)c1)C(=O)CN(c1cccc(C)c1)S(C)(=O)=O. The Morgan fingerprint density at radius 2 is 1.81 bits per heavy atom. The zero-order valence-corrected chi connectivity index (χ0v) is 20.5. The third kappa shape index (κ3) is 7.07. The van der Waals surface area contributed by atoms with Gasteiger partial charge in [-0.1, -0.05) is 40.2 Å². The van der Waals surface area contributed by atoms with Crippen LogP contribution in [-0.2, 0) is 26.2 Å². The number of rotatable bonds is 9. The standard InChI is InChI=1S/C22H28BrN3O4S/c1-5-24-22(28)17(3)25(14-18-9-7-10-19(23)13-18)21(27)15-26(31(4,29)30)20-11-6-8-16(2)12-20/h6-13,17H,5,14-15H2,1-4H3,(H,24,28)/t17-/m1/s1. The first-order valence-corrected chi connectivity index (χ1v) is 12.5. The molecule has 0 unspecified atom stereocenters. The smallest absolute Gasteiger partial charge is 0.244 e. The van der Waals surface area contributed by atoms with Gasteiger partial charge in [-0.25, -0.2) is 8.42 Å². The van der Waals surface area contributed by atoms with E-state index in [1.165, 1.54) is 4.90 Å². The van der Waals surface area contributed by atoms with Gasteiger partial charge in [0.25, 0.3) is 0 Å². The maximum Gasteiger partial charge on any atom is 0.244 e. The average Bonchev–Trinajstić information content (AvgIpc) is 2.69. The monoisotopic (exact) mass is 509 g/mol. The largest absolute Gasteiger partial charge is 0.355 e. The van der Waals surface area contributed by atoms with Crippen molar-refractivity contribution in [3.05, 3.63) is 64.1 Å². The zero-order chi connectivity index (χ0) is 23.2. The van der Waals surface area contributed by atoms with Gasteiger partial charge in [0.15, 0.2) is 0 Å². The van der Waals surface area contributed by atoms with Gasteiger partial charge < -0.3 is 10.2 Å². The van der Waals surface area contributed by atoms with Crippen molar-refractivity contribution in [1.29, 1.82) is 0 Å². The second-order valence-corrected chi connectivity index (χ2v) is 10.2. The molecule has 0 heterocycles. The van der Waals surface area contributed by atoms with Gasteiger partial charge in [0.1, 0.15) is 12.6 Å². The summed E-state index contributed by atoms with van der Waals surface area (Å²) in [6.07, 6.45) is 1.06. The minimum atomic E-state index is -3.72. The molecule has 0 bridgehead atoms. The number of nitrogens with one attached hydrogen (secondary N) is 1. The van der Waals surface area contributed by atoms with Crippen LogP contribution in [0, 0.1) is 6.92 Å². The van der Waals surface area contributed by atoms with Gasteiger partial charge in [0.05, 0.1) is 11.9 Å². The molecule has 1 atom stereocenters. The van der Waals surface area contributed by atoms with Gasteiger partial charge in [-0.3, -0.25) is 13.9 Å². The Morgan fingerprint density at radius 3 is 2.39 bits per heavy atom. The molecule has 31 heavy (non-hydrogen) atoms. The van der Waals surface area contributed by atoms with Crippen molar-refractivity contribution in [1.82, 2.24) is 10.2 Å². The molecule has 9 heteroatoms. The molecule has 2 aromatic carbocycles. The molecular formula is C22H28BrN3O4S. The number of sulfonamides is 1. The fraction of sp³-hybridized carbons (Fsp3) is 0.364. The highest BCUT2D eigenvalue weighted by atomic mass is 79.9. The number of benzene rings is 2. The van der Waals surface area contributed by atoms with Crippen molar-refractivity contribution in [2.75, 3.05) is 23.7 Å². The minimum absolute atomic E-state index is 0.169. The second-order valence-electron chi connectivity index (χ2n) is 7.33. The molecule has 0 aliphatic rings. The summed E-state index contributed by atoms with van der Waals surface area (Å²) in [5.41, 5.74) is 2.10. The summed E-state index contributed by atoms with van der Waals surface area (Å²) >= 11 is 3.41. The topological polar surface area (TPSA) is 86.8 Å². The van der Waals surface area contributed by atoms with E-state index in [-0.39, 0.29) is 12.5 Å². The highest BCUT2D eigenvalue weighted by Gasteiger charge is 2.29. The predicted molar refractivity (Wildman–Crippen MR) is 126 cm³/mol. The molecule has 0 spiro atoms. The van der Waals surface area contributed by atoms with Crippen LogP contribution >= 0.6 is 15.9 Å². The Kier molecular flexibility index (Phi) is 8.64. The van der Waals surface area contributed by atoms with Crippen molar-refractivity contribution < 1.29 is 18.0 Å². The summed E-state index contributed by atoms with van der Waals surface area (Å²) in [7, 11) is -3.72. The Balaban J connectivity index is 2.38. The zero-order valence-electron chi connectivity index (χ0n) is 18.1. The number of carbonyl (C=O) groups excluding carboxylic acids is 2. The van der Waals surface area contributed by atoms with Crippen molar-refractivity contribution >= 4 is 43.5 Å². The lowest BCUT2D eigenvalue weighted by atomic mass is 10.1. The number of halogens is 1. The molecule has 7 nitrogen and oxygen atoms in total. The summed E-state index contributed by atoms with van der Waals surface area (Å²) in [6.45, 7) is 5.48. The van der Waals surface area contributed by atoms with E-state index in [1.807, 2.05) is 37.3 Å². The number of hydrogen-bond donors (Lipinski definition) is 1. The maximum atomic E-state index is 13.3. The first-order valence-electron chi connectivity index (χ1n) is 9.89. The number of aryl methyl sites for hydroxylation is 1. The Hall–Kier alpha value is -2.39. The molecule has 0 aromatic heterocycles. The van der Waals surface area contributed by atoms with Gasteiger partial charge in [-0.05, 0) is 56.2 Å². The Labute approximate surface area is 192 Å². The van der Waals surface area contributed by atoms with Gasteiger partial charge >= 0.3 is 0 Å². The van der Waals surface area contributed by atoms with Gasteiger partial charge in [-0.15, -0.1) is 0 Å². The molecule has 0 aliphatic carbocycles. The van der Waals surface area contributed by atoms with Crippen LogP contribution in [-0.4, -0.2) is 50.5 Å². The van der Waals surface area contributed by atoms with E-state index in [0.29, 0.717) is 12.2 Å². The molecule has 1 N–H and O–H groups in total. The van der Waals surface area contributed by atoms with Crippen LogP contribution < -0.4 is 9.62 Å². The Bertz CT molecular complexity index is 1040. The highest BCUT2D eigenvalue weighted by molar-refractivity contribution is 9.10. The molecule has 0 aliphatic heterocycles. The lowest BCUT2D eigenvalue weighted by Gasteiger charge is -2.31. The van der Waals surface area contributed by atoms with E-state index in [9.17, 15) is 18.0 Å². The summed E-state index contributed by atoms with van der Waals surface area (Å²) in [5.74, 6) is -0.766. The van der Waals surface area contributed by atoms with Crippen molar-refractivity contribution in [3.8, 4) is 0 Å². The van der Waals surface area contributed by atoms with Gasteiger partial charge in [0, 0.05) is 17.6 Å². The number of likely N-dealkylation sites (N-methyl/N-ethyl adjacent to an activating group) is 1. The van der Waals surface area contributed by atoms with Gasteiger partial charge in [-0.2, -0.15) is 0 Å². The third-order valence-corrected chi connectivity index (χ3v) is 6.36. The first kappa shape index (κ1) is 24.9. The van der Waals surface area contributed by atoms with Crippen LogP contribution in [0.4, 0.5) is 5.69 Å². The van der Waals surface area contributed by atoms with Crippen LogP contribution in [0.25, 0.3) is 0 Å². The van der Waals surface area contributed by atoms with Gasteiger partial charge in [0.2, 0.25) is 21.8 Å². The summed E-state index contributed by atoms with van der Waals surface area (Å²) in [5, 5.41) is 2.73. The fourth-order valence-electron chi connectivity index (χ4n) is 3.13. The quantitative estimate of drug-likeness (QED) is 0.562. The van der Waals surface area contributed by atoms with Crippen molar-refractivity contribution in [3.63, 3.8) is 0 Å². The summed E-state index contributed by atoms with van der Waals surface area (Å²) in [6, 6.07) is 13.6. The lowest BCUT2D eigenvalue weighted by molar-refractivity contribution is -0.139. The van der Waals surface area contributed by atoms with E-state index in [4.69, 9.17) is 0 Å². The molecule has 0 saturated carbocycles. The Morgan fingerprint density at radius 1 is 1.13 bits per heavy atom. The van der Waals surface area contributed by atoms with Crippen molar-refractivity contribution in [2.45, 2.75) is 33.4 Å². The maximum absolute atomic E-state index is 13.3. The number of anilines is 1. The van der Waals surface area contributed by atoms with Crippen molar-refractivity contribution in [2.24, 2.45) is 0 Å². The van der Waals surface area contributed by atoms with Crippen LogP contribution in [0.2, 0.25) is 0 Å². The highest BCUT2D eigenvalue weighted by Crippen LogP contribution is 2.21. The molecule has 2 aromatic rings. The van der Waals surface area contributed by atoms with E-state index in [0.717, 1.165) is 26.2 Å². The number of amides is 2. The molecule has 2 rings (SSSR count). The molecule has 2 amide bonds. The normalized spacial score (nSPS) is 12.2. The van der Waals surface area contributed by atoms with Crippen LogP contribution in [0.15, 0.2) is 53.0 Å².